The van der Waals surface area contributed by atoms with E-state index in [4.69, 9.17) is 0 Å². The van der Waals surface area contributed by atoms with Gasteiger partial charge in [0.25, 0.3) is 10.0 Å². The number of halogens is 3. The smallest absolute Gasteiger partial charge is 0.267 e. The fourth-order valence-corrected chi connectivity index (χ4v) is 4.03. The van der Waals surface area contributed by atoms with E-state index in [0.717, 1.165) is 42.7 Å². The molecule has 136 valence electrons. The average Bonchev–Trinajstić information content (AvgIpc) is 2.56. The normalized spacial score (nSPS) is 12.2. The van der Waals surface area contributed by atoms with Crippen LogP contribution < -0.4 is 4.31 Å². The average molecular weight is 371 g/mol. The van der Waals surface area contributed by atoms with Gasteiger partial charge in [0.1, 0.15) is 0 Å². The molecule has 2 aromatic rings. The Morgan fingerprint density at radius 3 is 1.92 bits per heavy atom. The monoisotopic (exact) mass is 371 g/mol. The second-order valence-corrected chi connectivity index (χ2v) is 7.47. The summed E-state index contributed by atoms with van der Waals surface area (Å²) in [4.78, 5) is -0.167. The number of anilines is 1. The van der Waals surface area contributed by atoms with Gasteiger partial charge in [-0.2, -0.15) is 13.2 Å². The third kappa shape index (κ3) is 4.34. The highest BCUT2D eigenvalue weighted by atomic mass is 32.2. The topological polar surface area (TPSA) is 37.4 Å². The highest BCUT2D eigenvalue weighted by molar-refractivity contribution is 7.92. The molecule has 3 nitrogen and oxygen atoms in total. The maximum Gasteiger partial charge on any atom is 0.416 e. The van der Waals surface area contributed by atoms with Crippen molar-refractivity contribution < 1.29 is 21.6 Å². The Morgan fingerprint density at radius 2 is 1.48 bits per heavy atom. The lowest BCUT2D eigenvalue weighted by molar-refractivity contribution is -0.137. The molecule has 0 bridgehead atoms. The Morgan fingerprint density at radius 1 is 0.920 bits per heavy atom. The third-order valence-electron chi connectivity index (χ3n) is 3.82. The van der Waals surface area contributed by atoms with Crippen LogP contribution in [0.2, 0.25) is 0 Å². The molecule has 0 aromatic heterocycles. The molecule has 2 aromatic carbocycles. The van der Waals surface area contributed by atoms with Crippen molar-refractivity contribution in [3.05, 3.63) is 59.7 Å². The van der Waals surface area contributed by atoms with Crippen molar-refractivity contribution in [2.24, 2.45) is 0 Å². The van der Waals surface area contributed by atoms with Gasteiger partial charge in [-0.15, -0.1) is 0 Å². The van der Waals surface area contributed by atoms with Crippen LogP contribution in [-0.2, 0) is 22.6 Å². The number of benzene rings is 2. The molecule has 0 spiro atoms. The Kier molecular flexibility index (Phi) is 5.77. The lowest BCUT2D eigenvalue weighted by atomic mass is 10.1. The molecule has 0 aliphatic carbocycles. The van der Waals surface area contributed by atoms with E-state index in [1.165, 1.54) is 4.31 Å². The van der Waals surface area contributed by atoms with E-state index in [1.807, 2.05) is 12.1 Å². The van der Waals surface area contributed by atoms with Crippen molar-refractivity contribution in [3.8, 4) is 0 Å². The molecule has 0 saturated carbocycles. The summed E-state index contributed by atoms with van der Waals surface area (Å²) in [7, 11) is -3.93. The number of sulfonamides is 1. The summed E-state index contributed by atoms with van der Waals surface area (Å²) in [5, 5.41) is 0. The van der Waals surface area contributed by atoms with Gasteiger partial charge >= 0.3 is 6.18 Å². The number of hydrogen-bond donors (Lipinski definition) is 0. The maximum atomic E-state index is 12.8. The Hall–Kier alpha value is -2.02. The number of alkyl halides is 3. The van der Waals surface area contributed by atoms with Gasteiger partial charge in [0.05, 0.1) is 16.1 Å². The second kappa shape index (κ2) is 7.47. The molecule has 0 radical (unpaired) electrons. The molecule has 0 unspecified atom stereocenters. The van der Waals surface area contributed by atoms with Crippen molar-refractivity contribution >= 4 is 15.7 Å². The quantitative estimate of drug-likeness (QED) is 0.726. The van der Waals surface area contributed by atoms with Crippen molar-refractivity contribution in [1.82, 2.24) is 0 Å². The standard InChI is InChI=1S/C18H20F3NO2S/c1-3-5-14-6-10-16(11-7-14)22(4-2)25(23,24)17-12-8-15(9-13-17)18(19,20)21/h6-13H,3-5H2,1-2H3. The van der Waals surface area contributed by atoms with Crippen LogP contribution in [0.3, 0.4) is 0 Å². The molecular formula is C18H20F3NO2S. The largest absolute Gasteiger partial charge is 0.416 e. The van der Waals surface area contributed by atoms with Crippen LogP contribution in [0.4, 0.5) is 18.9 Å². The Balaban J connectivity index is 2.35. The van der Waals surface area contributed by atoms with E-state index in [-0.39, 0.29) is 11.4 Å². The molecule has 0 atom stereocenters. The van der Waals surface area contributed by atoms with E-state index in [1.54, 1.807) is 19.1 Å². The van der Waals surface area contributed by atoms with Crippen LogP contribution in [0, 0.1) is 0 Å². The zero-order valence-corrected chi connectivity index (χ0v) is 14.9. The van der Waals surface area contributed by atoms with Gasteiger partial charge in [-0.1, -0.05) is 25.5 Å². The van der Waals surface area contributed by atoms with E-state index in [9.17, 15) is 21.6 Å². The summed E-state index contributed by atoms with van der Waals surface area (Å²) in [5.74, 6) is 0. The fraction of sp³-hybridized carbons (Fsp3) is 0.333. The second-order valence-electron chi connectivity index (χ2n) is 5.61. The van der Waals surface area contributed by atoms with Gasteiger partial charge < -0.3 is 0 Å². The number of hydrogen-bond acceptors (Lipinski definition) is 2. The van der Waals surface area contributed by atoms with E-state index < -0.39 is 21.8 Å². The first-order chi connectivity index (χ1) is 11.7. The van der Waals surface area contributed by atoms with Gasteiger partial charge in [-0.25, -0.2) is 8.42 Å². The number of rotatable bonds is 6. The van der Waals surface area contributed by atoms with E-state index in [0.29, 0.717) is 5.69 Å². The van der Waals surface area contributed by atoms with E-state index in [2.05, 4.69) is 6.92 Å². The van der Waals surface area contributed by atoms with Crippen LogP contribution in [0.5, 0.6) is 0 Å². The van der Waals surface area contributed by atoms with Gasteiger partial charge in [-0.05, 0) is 55.3 Å². The Bertz CT molecular complexity index is 798. The summed E-state index contributed by atoms with van der Waals surface area (Å²) in [6.45, 7) is 3.92. The lowest BCUT2D eigenvalue weighted by Gasteiger charge is -2.23. The molecule has 0 N–H and O–H groups in total. The SMILES string of the molecule is CCCc1ccc(N(CC)S(=O)(=O)c2ccc(C(F)(F)F)cc2)cc1. The summed E-state index contributed by atoms with van der Waals surface area (Å²) in [6, 6.07) is 10.7. The van der Waals surface area contributed by atoms with Gasteiger partial charge in [-0.3, -0.25) is 4.31 Å². The predicted octanol–water partition coefficient (Wildman–Crippen LogP) is 4.87. The first-order valence-corrected chi connectivity index (χ1v) is 9.43. The first-order valence-electron chi connectivity index (χ1n) is 7.99. The molecule has 0 heterocycles. The molecule has 0 amide bonds. The fourth-order valence-electron chi connectivity index (χ4n) is 2.55. The molecule has 0 aliphatic rings. The highest BCUT2D eigenvalue weighted by Gasteiger charge is 2.31. The molecule has 0 saturated heterocycles. The van der Waals surface area contributed by atoms with Gasteiger partial charge in [0.15, 0.2) is 0 Å². The third-order valence-corrected chi connectivity index (χ3v) is 5.74. The van der Waals surface area contributed by atoms with Crippen LogP contribution in [0.1, 0.15) is 31.4 Å². The first kappa shape index (κ1) is 19.3. The molecule has 2 rings (SSSR count). The van der Waals surface area contributed by atoms with Crippen molar-refractivity contribution in [2.75, 3.05) is 10.8 Å². The summed E-state index contributed by atoms with van der Waals surface area (Å²) < 4.78 is 64.7. The number of nitrogens with zero attached hydrogens (tertiary/aromatic N) is 1. The summed E-state index contributed by atoms with van der Waals surface area (Å²) in [5.41, 5.74) is 0.717. The zero-order chi connectivity index (χ0) is 18.7. The van der Waals surface area contributed by atoms with Gasteiger partial charge in [0.2, 0.25) is 0 Å². The van der Waals surface area contributed by atoms with Crippen LogP contribution in [0.25, 0.3) is 0 Å². The van der Waals surface area contributed by atoms with Crippen molar-refractivity contribution in [1.29, 1.82) is 0 Å². The minimum absolute atomic E-state index is 0.167. The van der Waals surface area contributed by atoms with Gasteiger partial charge in [0, 0.05) is 6.54 Å². The minimum Gasteiger partial charge on any atom is -0.267 e. The van der Waals surface area contributed by atoms with Crippen LogP contribution in [-0.4, -0.2) is 15.0 Å². The Labute approximate surface area is 146 Å². The van der Waals surface area contributed by atoms with E-state index >= 15 is 0 Å². The maximum absolute atomic E-state index is 12.8. The molecule has 25 heavy (non-hydrogen) atoms. The molecular weight excluding hydrogens is 351 g/mol. The van der Waals surface area contributed by atoms with Crippen molar-refractivity contribution in [2.45, 2.75) is 37.8 Å². The van der Waals surface area contributed by atoms with Crippen LogP contribution >= 0.6 is 0 Å². The number of aryl methyl sites for hydroxylation is 1. The summed E-state index contributed by atoms with van der Waals surface area (Å²) >= 11 is 0. The molecule has 0 fully saturated rings. The predicted molar refractivity (Wildman–Crippen MR) is 92.1 cm³/mol. The van der Waals surface area contributed by atoms with Crippen LogP contribution in [0.15, 0.2) is 53.4 Å². The minimum atomic E-state index is -4.50. The molecule has 7 heteroatoms. The molecule has 0 aliphatic heterocycles. The lowest BCUT2D eigenvalue weighted by Crippen LogP contribution is -2.30. The highest BCUT2D eigenvalue weighted by Crippen LogP contribution is 2.31. The van der Waals surface area contributed by atoms with Crippen molar-refractivity contribution in [3.63, 3.8) is 0 Å². The zero-order valence-electron chi connectivity index (χ0n) is 14.0. The summed E-state index contributed by atoms with van der Waals surface area (Å²) in [6.07, 6.45) is -2.61.